The van der Waals surface area contributed by atoms with E-state index in [-0.39, 0.29) is 17.2 Å². The van der Waals surface area contributed by atoms with Crippen LogP contribution in [0.3, 0.4) is 0 Å². The summed E-state index contributed by atoms with van der Waals surface area (Å²) in [6, 6.07) is 36.2. The molecule has 35 heavy (non-hydrogen) atoms. The summed E-state index contributed by atoms with van der Waals surface area (Å²) in [4.78, 5) is 0. The molecule has 0 aliphatic heterocycles. The van der Waals surface area contributed by atoms with Crippen molar-refractivity contribution < 1.29 is 15.3 Å². The molecule has 0 atom stereocenters. The Kier molecular flexibility index (Phi) is 4.89. The fraction of sp³-hybridized carbons (Fsp3) is 0. The lowest BCUT2D eigenvalue weighted by Crippen LogP contribution is -1.91. The molecule has 0 spiro atoms. The number of phenolic OH excluding ortho intramolecular Hbond substituents is 3. The molecule has 3 N–H and O–H groups in total. The number of para-hydroxylation sites is 1. The highest BCUT2D eigenvalue weighted by atomic mass is 16.3. The number of phenols is 3. The fourth-order valence-corrected chi connectivity index (χ4v) is 4.93. The number of rotatable bonds is 3. The van der Waals surface area contributed by atoms with Gasteiger partial charge in [0.1, 0.15) is 17.2 Å². The molecule has 0 aromatic heterocycles. The van der Waals surface area contributed by atoms with E-state index in [9.17, 15) is 15.3 Å². The van der Waals surface area contributed by atoms with Crippen LogP contribution in [0.4, 0.5) is 0 Å². The number of hydrogen-bond donors (Lipinski definition) is 3. The van der Waals surface area contributed by atoms with Crippen molar-refractivity contribution in [3.63, 3.8) is 0 Å². The molecular weight excluding hydrogens is 432 g/mol. The minimum absolute atomic E-state index is 0.0101. The maximum Gasteiger partial charge on any atom is 0.132 e. The zero-order valence-electron chi connectivity index (χ0n) is 18.8. The topological polar surface area (TPSA) is 60.7 Å². The highest BCUT2D eigenvalue weighted by Crippen LogP contribution is 2.50. The predicted molar refractivity (Wildman–Crippen MR) is 143 cm³/mol. The van der Waals surface area contributed by atoms with E-state index in [1.165, 1.54) is 0 Å². The lowest BCUT2D eigenvalue weighted by molar-refractivity contribution is 0.468. The first kappa shape index (κ1) is 20.8. The normalized spacial score (nSPS) is 11.2. The van der Waals surface area contributed by atoms with E-state index in [4.69, 9.17) is 0 Å². The van der Waals surface area contributed by atoms with Gasteiger partial charge in [0.2, 0.25) is 0 Å². The molecule has 6 aromatic rings. The van der Waals surface area contributed by atoms with Crippen LogP contribution in [0.5, 0.6) is 17.2 Å². The third-order valence-electron chi connectivity index (χ3n) is 6.59. The van der Waals surface area contributed by atoms with Crippen LogP contribution < -0.4 is 0 Å². The van der Waals surface area contributed by atoms with E-state index >= 15 is 0 Å². The maximum absolute atomic E-state index is 11.7. The Hall–Kier alpha value is -4.76. The van der Waals surface area contributed by atoms with Gasteiger partial charge in [-0.15, -0.1) is 0 Å². The van der Waals surface area contributed by atoms with Gasteiger partial charge in [0.15, 0.2) is 0 Å². The van der Waals surface area contributed by atoms with Gasteiger partial charge in [-0.25, -0.2) is 0 Å². The fourth-order valence-electron chi connectivity index (χ4n) is 4.93. The van der Waals surface area contributed by atoms with E-state index in [1.807, 2.05) is 103 Å². The van der Waals surface area contributed by atoms with E-state index in [0.29, 0.717) is 27.8 Å². The molecule has 0 aliphatic carbocycles. The van der Waals surface area contributed by atoms with Gasteiger partial charge in [0.05, 0.1) is 0 Å². The second-order valence-corrected chi connectivity index (χ2v) is 8.62. The predicted octanol–water partition coefficient (Wildman–Crippen LogP) is 8.11. The van der Waals surface area contributed by atoms with Crippen LogP contribution in [-0.4, -0.2) is 15.3 Å². The molecule has 168 valence electrons. The van der Waals surface area contributed by atoms with Crippen LogP contribution in [0.2, 0.25) is 0 Å². The highest BCUT2D eigenvalue weighted by molar-refractivity contribution is 6.12. The van der Waals surface area contributed by atoms with Crippen molar-refractivity contribution in [2.24, 2.45) is 0 Å². The Morgan fingerprint density at radius 2 is 1.03 bits per heavy atom. The van der Waals surface area contributed by atoms with Crippen molar-refractivity contribution in [1.82, 2.24) is 0 Å². The third-order valence-corrected chi connectivity index (χ3v) is 6.59. The maximum atomic E-state index is 11.7. The van der Waals surface area contributed by atoms with Crippen LogP contribution in [0.1, 0.15) is 0 Å². The Labute approximate surface area is 202 Å². The van der Waals surface area contributed by atoms with Gasteiger partial charge in [0, 0.05) is 27.8 Å². The number of benzene rings is 6. The van der Waals surface area contributed by atoms with Gasteiger partial charge >= 0.3 is 0 Å². The molecule has 0 saturated carbocycles. The lowest BCUT2D eigenvalue weighted by Gasteiger charge is -2.18. The summed E-state index contributed by atoms with van der Waals surface area (Å²) in [5.74, 6) is 0.191. The molecule has 0 amide bonds. The Bertz CT molecular complexity index is 1720. The highest BCUT2D eigenvalue weighted by Gasteiger charge is 2.22. The van der Waals surface area contributed by atoms with Crippen LogP contribution >= 0.6 is 0 Å². The van der Waals surface area contributed by atoms with E-state index < -0.39 is 0 Å². The number of hydrogen-bond acceptors (Lipinski definition) is 3. The zero-order chi connectivity index (χ0) is 23.9. The van der Waals surface area contributed by atoms with E-state index in [1.54, 1.807) is 12.1 Å². The van der Waals surface area contributed by atoms with Crippen molar-refractivity contribution >= 4 is 21.5 Å². The third kappa shape index (κ3) is 3.37. The van der Waals surface area contributed by atoms with Gasteiger partial charge in [-0.2, -0.15) is 0 Å². The minimum Gasteiger partial charge on any atom is -0.507 e. The molecule has 0 unspecified atom stereocenters. The van der Waals surface area contributed by atoms with Crippen molar-refractivity contribution in [2.75, 3.05) is 0 Å². The molecular formula is C32H22O3. The van der Waals surface area contributed by atoms with Crippen molar-refractivity contribution in [2.45, 2.75) is 0 Å². The van der Waals surface area contributed by atoms with Gasteiger partial charge in [0.25, 0.3) is 0 Å². The largest absolute Gasteiger partial charge is 0.507 e. The second-order valence-electron chi connectivity index (χ2n) is 8.62. The summed E-state index contributed by atoms with van der Waals surface area (Å²) >= 11 is 0. The first-order valence-electron chi connectivity index (χ1n) is 11.5. The smallest absolute Gasteiger partial charge is 0.132 e. The summed E-state index contributed by atoms with van der Waals surface area (Å²) in [7, 11) is 0. The molecule has 6 aromatic carbocycles. The zero-order valence-corrected chi connectivity index (χ0v) is 18.8. The van der Waals surface area contributed by atoms with E-state index in [0.717, 1.165) is 27.1 Å². The molecule has 0 saturated heterocycles. The van der Waals surface area contributed by atoms with Crippen molar-refractivity contribution in [3.05, 3.63) is 115 Å². The Morgan fingerprint density at radius 1 is 0.400 bits per heavy atom. The molecule has 0 fully saturated rings. The summed E-state index contributed by atoms with van der Waals surface area (Å²) in [5, 5.41) is 37.6. The van der Waals surface area contributed by atoms with Gasteiger partial charge in [-0.1, -0.05) is 103 Å². The molecule has 0 aliphatic rings. The standard InChI is InChI=1S/C32H22O3/c33-28-18-17-21-11-4-6-13-23(21)29(28)30-24-14-7-5-12-22(24)19-27(32(30)35)26-16-8-15-25(31(26)34)20-9-2-1-3-10-20/h1-19,33-35H. The number of fused-ring (bicyclic) bond motifs is 2. The summed E-state index contributed by atoms with van der Waals surface area (Å²) in [6.45, 7) is 0. The molecule has 6 rings (SSSR count). The van der Waals surface area contributed by atoms with Crippen LogP contribution in [-0.2, 0) is 0 Å². The van der Waals surface area contributed by atoms with Crippen LogP contribution in [0, 0.1) is 0 Å². The Balaban J connectivity index is 1.70. The van der Waals surface area contributed by atoms with Crippen LogP contribution in [0.15, 0.2) is 115 Å². The second kappa shape index (κ2) is 8.23. The summed E-state index contributed by atoms with van der Waals surface area (Å²) < 4.78 is 0. The van der Waals surface area contributed by atoms with Gasteiger partial charge in [-0.3, -0.25) is 0 Å². The monoisotopic (exact) mass is 454 g/mol. The molecule has 3 heteroatoms. The van der Waals surface area contributed by atoms with Crippen LogP contribution in [0.25, 0.3) is 54.9 Å². The summed E-state index contributed by atoms with van der Waals surface area (Å²) in [5.41, 5.74) is 3.70. The van der Waals surface area contributed by atoms with Crippen molar-refractivity contribution in [1.29, 1.82) is 0 Å². The Morgan fingerprint density at radius 3 is 1.80 bits per heavy atom. The number of aromatic hydroxyl groups is 3. The van der Waals surface area contributed by atoms with Gasteiger partial charge in [-0.05, 0) is 39.2 Å². The molecule has 0 radical (unpaired) electrons. The van der Waals surface area contributed by atoms with E-state index in [2.05, 4.69) is 0 Å². The first-order chi connectivity index (χ1) is 17.1. The summed E-state index contributed by atoms with van der Waals surface area (Å²) in [6.07, 6.45) is 0. The minimum atomic E-state index is 0.0101. The average Bonchev–Trinajstić information content (AvgIpc) is 2.90. The molecule has 0 heterocycles. The SMILES string of the molecule is Oc1ccc2ccccc2c1-c1c(O)c(-c2cccc(-c3ccccc3)c2O)cc2ccccc12. The quantitative estimate of drug-likeness (QED) is 0.253. The molecule has 3 nitrogen and oxygen atoms in total. The lowest BCUT2D eigenvalue weighted by atomic mass is 9.88. The van der Waals surface area contributed by atoms with Gasteiger partial charge < -0.3 is 15.3 Å². The average molecular weight is 455 g/mol. The molecule has 0 bridgehead atoms. The van der Waals surface area contributed by atoms with Crippen molar-refractivity contribution in [3.8, 4) is 50.6 Å². The first-order valence-corrected chi connectivity index (χ1v) is 11.5.